The van der Waals surface area contributed by atoms with Gasteiger partial charge in [-0.25, -0.2) is 8.42 Å². The normalized spacial score (nSPS) is 14.6. The summed E-state index contributed by atoms with van der Waals surface area (Å²) in [7, 11) is -3.41. The van der Waals surface area contributed by atoms with Gasteiger partial charge in [0.05, 0.1) is 17.2 Å². The van der Waals surface area contributed by atoms with E-state index >= 15 is 0 Å². The number of amides is 1. The van der Waals surface area contributed by atoms with Crippen molar-refractivity contribution < 1.29 is 17.9 Å². The molecule has 1 aliphatic rings. The maximum atomic E-state index is 12.5. The summed E-state index contributed by atoms with van der Waals surface area (Å²) in [5.74, 6) is 1.71. The standard InChI is InChI=1S/C21H25BrN2O4S2/c22-18-5-3-17(4-6-18)15-29-16-21(25)23-11-14-28-19-7-9-20(10-8-19)30(26,27)24-12-1-2-13-24/h3-10H,1-2,11-16H2,(H,23,25). The van der Waals surface area contributed by atoms with Crippen molar-refractivity contribution in [1.82, 2.24) is 9.62 Å². The van der Waals surface area contributed by atoms with Gasteiger partial charge in [-0.1, -0.05) is 28.1 Å². The Morgan fingerprint density at radius 2 is 1.73 bits per heavy atom. The molecule has 0 spiro atoms. The number of hydrogen-bond acceptors (Lipinski definition) is 5. The summed E-state index contributed by atoms with van der Waals surface area (Å²) in [6, 6.07) is 14.5. The fraction of sp³-hybridized carbons (Fsp3) is 0.381. The molecule has 1 fully saturated rings. The highest BCUT2D eigenvalue weighted by Crippen LogP contribution is 2.23. The number of ether oxygens (including phenoxy) is 1. The quantitative estimate of drug-likeness (QED) is 0.491. The second kappa shape index (κ2) is 11.2. The zero-order valence-electron chi connectivity index (χ0n) is 16.6. The van der Waals surface area contributed by atoms with Crippen LogP contribution in [0.15, 0.2) is 57.9 Å². The third kappa shape index (κ3) is 6.73. The predicted octanol–water partition coefficient (Wildman–Crippen LogP) is 3.66. The van der Waals surface area contributed by atoms with Crippen LogP contribution in [-0.4, -0.2) is 50.6 Å². The molecule has 0 saturated carbocycles. The van der Waals surface area contributed by atoms with Gasteiger partial charge in [0.1, 0.15) is 12.4 Å². The van der Waals surface area contributed by atoms with E-state index in [2.05, 4.69) is 21.2 Å². The smallest absolute Gasteiger partial charge is 0.243 e. The summed E-state index contributed by atoms with van der Waals surface area (Å²) >= 11 is 4.96. The Kier molecular flexibility index (Phi) is 8.61. The van der Waals surface area contributed by atoms with E-state index in [0.717, 1.165) is 23.1 Å². The van der Waals surface area contributed by atoms with Crippen molar-refractivity contribution in [2.24, 2.45) is 0 Å². The molecule has 3 rings (SSSR count). The summed E-state index contributed by atoms with van der Waals surface area (Å²) in [5, 5.41) is 2.83. The molecule has 1 N–H and O–H groups in total. The van der Waals surface area contributed by atoms with Crippen LogP contribution in [0.3, 0.4) is 0 Å². The Balaban J connectivity index is 1.34. The van der Waals surface area contributed by atoms with E-state index in [1.807, 2.05) is 24.3 Å². The molecule has 0 aromatic heterocycles. The fourth-order valence-corrected chi connectivity index (χ4v) is 5.64. The summed E-state index contributed by atoms with van der Waals surface area (Å²) in [6.45, 7) is 1.89. The average molecular weight is 513 g/mol. The number of hydrogen-bond donors (Lipinski definition) is 1. The van der Waals surface area contributed by atoms with Crippen LogP contribution in [0.4, 0.5) is 0 Å². The molecule has 0 aliphatic carbocycles. The van der Waals surface area contributed by atoms with Gasteiger partial charge in [0, 0.05) is 23.3 Å². The largest absolute Gasteiger partial charge is 0.492 e. The maximum absolute atomic E-state index is 12.5. The third-order valence-electron chi connectivity index (χ3n) is 4.63. The van der Waals surface area contributed by atoms with Crippen LogP contribution in [0.2, 0.25) is 0 Å². The van der Waals surface area contributed by atoms with Crippen LogP contribution in [-0.2, 0) is 20.6 Å². The number of carbonyl (C=O) groups excluding carboxylic acids is 1. The van der Waals surface area contributed by atoms with Crippen molar-refractivity contribution in [3.63, 3.8) is 0 Å². The van der Waals surface area contributed by atoms with Gasteiger partial charge in [-0.05, 0) is 54.8 Å². The molecule has 1 amide bonds. The van der Waals surface area contributed by atoms with E-state index < -0.39 is 10.0 Å². The summed E-state index contributed by atoms with van der Waals surface area (Å²) in [4.78, 5) is 12.2. The first-order valence-corrected chi connectivity index (χ1v) is 13.2. The van der Waals surface area contributed by atoms with Gasteiger partial charge < -0.3 is 10.1 Å². The highest BCUT2D eigenvalue weighted by atomic mass is 79.9. The highest BCUT2D eigenvalue weighted by Gasteiger charge is 2.26. The number of nitrogens with zero attached hydrogens (tertiary/aromatic N) is 1. The topological polar surface area (TPSA) is 75.7 Å². The number of rotatable bonds is 10. The fourth-order valence-electron chi connectivity index (χ4n) is 3.04. The Labute approximate surface area is 190 Å². The van der Waals surface area contributed by atoms with Crippen LogP contribution >= 0.6 is 27.7 Å². The van der Waals surface area contributed by atoms with Crippen molar-refractivity contribution >= 4 is 43.6 Å². The molecule has 6 nitrogen and oxygen atoms in total. The molecule has 0 radical (unpaired) electrons. The molecule has 1 aliphatic heterocycles. The zero-order valence-corrected chi connectivity index (χ0v) is 19.8. The van der Waals surface area contributed by atoms with E-state index in [9.17, 15) is 13.2 Å². The van der Waals surface area contributed by atoms with Gasteiger partial charge in [0.2, 0.25) is 15.9 Å². The van der Waals surface area contributed by atoms with E-state index in [4.69, 9.17) is 4.74 Å². The lowest BCUT2D eigenvalue weighted by atomic mass is 10.2. The molecule has 0 bridgehead atoms. The van der Waals surface area contributed by atoms with Crippen molar-refractivity contribution in [1.29, 1.82) is 0 Å². The highest BCUT2D eigenvalue weighted by molar-refractivity contribution is 9.10. The zero-order chi connectivity index (χ0) is 21.4. The first-order chi connectivity index (χ1) is 14.4. The molecular weight excluding hydrogens is 488 g/mol. The Bertz CT molecular complexity index is 928. The lowest BCUT2D eigenvalue weighted by molar-refractivity contribution is -0.118. The second-order valence-electron chi connectivity index (χ2n) is 6.90. The molecule has 162 valence electrons. The minimum atomic E-state index is -3.41. The first-order valence-electron chi connectivity index (χ1n) is 9.77. The summed E-state index contributed by atoms with van der Waals surface area (Å²) in [5.41, 5.74) is 1.18. The minimum Gasteiger partial charge on any atom is -0.492 e. The van der Waals surface area contributed by atoms with Crippen molar-refractivity contribution in [2.75, 3.05) is 32.0 Å². The first kappa shape index (κ1) is 23.1. The summed E-state index contributed by atoms with van der Waals surface area (Å²) in [6.07, 6.45) is 1.82. The van der Waals surface area contributed by atoms with Gasteiger partial charge in [0.15, 0.2) is 0 Å². The molecule has 2 aromatic carbocycles. The molecule has 30 heavy (non-hydrogen) atoms. The van der Waals surface area contributed by atoms with E-state index in [1.165, 1.54) is 9.87 Å². The van der Waals surface area contributed by atoms with Crippen molar-refractivity contribution in [2.45, 2.75) is 23.5 Å². The molecule has 1 saturated heterocycles. The van der Waals surface area contributed by atoms with Crippen LogP contribution in [0.25, 0.3) is 0 Å². The SMILES string of the molecule is O=C(CSCc1ccc(Br)cc1)NCCOc1ccc(S(=O)(=O)N2CCCC2)cc1. The molecule has 1 heterocycles. The van der Waals surface area contributed by atoms with E-state index in [-0.39, 0.29) is 10.8 Å². The Hall–Kier alpha value is -1.55. The molecule has 2 aromatic rings. The van der Waals surface area contributed by atoms with Crippen LogP contribution in [0, 0.1) is 0 Å². The second-order valence-corrected chi connectivity index (χ2v) is 10.7. The number of thioether (sulfide) groups is 1. The van der Waals surface area contributed by atoms with E-state index in [0.29, 0.717) is 37.7 Å². The van der Waals surface area contributed by atoms with E-state index in [1.54, 1.807) is 36.0 Å². The Morgan fingerprint density at radius 1 is 1.07 bits per heavy atom. The third-order valence-corrected chi connectivity index (χ3v) is 8.08. The maximum Gasteiger partial charge on any atom is 0.243 e. The number of sulfonamides is 1. The Morgan fingerprint density at radius 3 is 2.40 bits per heavy atom. The lowest BCUT2D eigenvalue weighted by Crippen LogP contribution is -2.29. The van der Waals surface area contributed by atoms with Gasteiger partial charge in [-0.2, -0.15) is 4.31 Å². The molecule has 9 heteroatoms. The van der Waals surface area contributed by atoms with Gasteiger partial charge in [-0.15, -0.1) is 11.8 Å². The number of benzene rings is 2. The van der Waals surface area contributed by atoms with Crippen molar-refractivity contribution in [3.05, 3.63) is 58.6 Å². The lowest BCUT2D eigenvalue weighted by Gasteiger charge is -2.15. The minimum absolute atomic E-state index is 0.0345. The predicted molar refractivity (Wildman–Crippen MR) is 123 cm³/mol. The van der Waals surface area contributed by atoms with Gasteiger partial charge >= 0.3 is 0 Å². The molecule has 0 atom stereocenters. The number of nitrogens with one attached hydrogen (secondary N) is 1. The number of halogens is 1. The van der Waals surface area contributed by atoms with Crippen LogP contribution in [0.1, 0.15) is 18.4 Å². The van der Waals surface area contributed by atoms with Gasteiger partial charge in [0.25, 0.3) is 0 Å². The van der Waals surface area contributed by atoms with Crippen molar-refractivity contribution in [3.8, 4) is 5.75 Å². The summed E-state index contributed by atoms with van der Waals surface area (Å²) < 4.78 is 33.2. The monoisotopic (exact) mass is 512 g/mol. The van der Waals surface area contributed by atoms with Gasteiger partial charge in [-0.3, -0.25) is 4.79 Å². The average Bonchev–Trinajstić information content (AvgIpc) is 3.29. The molecule has 0 unspecified atom stereocenters. The van der Waals surface area contributed by atoms with Crippen LogP contribution in [0.5, 0.6) is 5.75 Å². The van der Waals surface area contributed by atoms with Crippen LogP contribution < -0.4 is 10.1 Å². The number of carbonyl (C=O) groups is 1. The molecular formula is C21H25BrN2O4S2.